The first-order valence-corrected chi connectivity index (χ1v) is 6.24. The van der Waals surface area contributed by atoms with Crippen LogP contribution in [0.3, 0.4) is 0 Å². The van der Waals surface area contributed by atoms with Crippen molar-refractivity contribution in [3.8, 4) is 5.75 Å². The normalized spacial score (nSPS) is 10.8. The molecule has 0 saturated carbocycles. The van der Waals surface area contributed by atoms with Crippen LogP contribution in [0.5, 0.6) is 5.75 Å². The van der Waals surface area contributed by atoms with E-state index in [1.165, 1.54) is 12.3 Å². The number of carbonyl (C=O) groups is 1. The highest BCUT2D eigenvalue weighted by Crippen LogP contribution is 2.12. The zero-order chi connectivity index (χ0) is 14.3. The molecule has 4 nitrogen and oxygen atoms in total. The van der Waals surface area contributed by atoms with Gasteiger partial charge in [0.2, 0.25) is 5.91 Å². The lowest BCUT2D eigenvalue weighted by Gasteiger charge is -2.12. The summed E-state index contributed by atoms with van der Waals surface area (Å²) in [5.74, 6) is -0.00813. The number of carbonyl (C=O) groups excluding carboxylic acids is 1. The number of amides is 1. The van der Waals surface area contributed by atoms with Gasteiger partial charge >= 0.3 is 6.61 Å². The van der Waals surface area contributed by atoms with Crippen LogP contribution < -0.4 is 10.1 Å². The third kappa shape index (κ3) is 5.19. The van der Waals surface area contributed by atoms with Crippen molar-refractivity contribution in [1.82, 2.24) is 10.3 Å². The SMILES string of the molecule is CCC(CC)C(=O)NCc1ccc(OC(F)F)cn1. The molecule has 0 atom stereocenters. The predicted molar refractivity (Wildman–Crippen MR) is 66.8 cm³/mol. The van der Waals surface area contributed by atoms with Gasteiger partial charge in [-0.1, -0.05) is 13.8 Å². The summed E-state index contributed by atoms with van der Waals surface area (Å²) in [6.45, 7) is 1.34. The summed E-state index contributed by atoms with van der Waals surface area (Å²) >= 11 is 0. The molecule has 1 heterocycles. The molecule has 1 rings (SSSR count). The van der Waals surface area contributed by atoms with Crippen molar-refractivity contribution in [3.05, 3.63) is 24.0 Å². The molecule has 0 spiro atoms. The summed E-state index contributed by atoms with van der Waals surface area (Å²) in [5.41, 5.74) is 0.598. The minimum Gasteiger partial charge on any atom is -0.433 e. The van der Waals surface area contributed by atoms with Crippen molar-refractivity contribution >= 4 is 5.91 Å². The summed E-state index contributed by atoms with van der Waals surface area (Å²) in [6.07, 6.45) is 2.79. The van der Waals surface area contributed by atoms with E-state index in [0.717, 1.165) is 12.8 Å². The molecular weight excluding hydrogens is 254 g/mol. The average molecular weight is 272 g/mol. The van der Waals surface area contributed by atoms with Gasteiger partial charge in [-0.05, 0) is 25.0 Å². The van der Waals surface area contributed by atoms with Crippen molar-refractivity contribution in [2.24, 2.45) is 5.92 Å². The van der Waals surface area contributed by atoms with Crippen LogP contribution in [0.4, 0.5) is 8.78 Å². The Morgan fingerprint density at radius 2 is 2.05 bits per heavy atom. The van der Waals surface area contributed by atoms with E-state index in [-0.39, 0.29) is 24.1 Å². The molecule has 1 amide bonds. The van der Waals surface area contributed by atoms with Gasteiger partial charge in [-0.15, -0.1) is 0 Å². The molecule has 0 aliphatic rings. The second-order valence-corrected chi connectivity index (χ2v) is 4.09. The highest BCUT2D eigenvalue weighted by molar-refractivity contribution is 5.78. The molecule has 6 heteroatoms. The molecule has 0 saturated heterocycles. The van der Waals surface area contributed by atoms with Gasteiger partial charge < -0.3 is 10.1 Å². The van der Waals surface area contributed by atoms with Gasteiger partial charge in [0, 0.05) is 5.92 Å². The molecular formula is C13H18F2N2O2. The van der Waals surface area contributed by atoms with Gasteiger partial charge in [-0.25, -0.2) is 0 Å². The van der Waals surface area contributed by atoms with Gasteiger partial charge in [0.15, 0.2) is 0 Å². The third-order valence-electron chi connectivity index (χ3n) is 2.82. The summed E-state index contributed by atoms with van der Waals surface area (Å²) in [6, 6.07) is 2.95. The molecule has 1 aromatic rings. The second-order valence-electron chi connectivity index (χ2n) is 4.09. The van der Waals surface area contributed by atoms with Crippen LogP contribution >= 0.6 is 0 Å². The minimum absolute atomic E-state index is 0.00133. The maximum Gasteiger partial charge on any atom is 0.387 e. The van der Waals surface area contributed by atoms with E-state index in [1.807, 2.05) is 13.8 Å². The van der Waals surface area contributed by atoms with Crippen molar-refractivity contribution in [2.75, 3.05) is 0 Å². The van der Waals surface area contributed by atoms with Gasteiger partial charge in [0.05, 0.1) is 18.4 Å². The molecule has 0 unspecified atom stereocenters. The zero-order valence-corrected chi connectivity index (χ0v) is 11.0. The Kier molecular flexibility index (Phi) is 6.18. The number of hydrogen-bond acceptors (Lipinski definition) is 3. The Morgan fingerprint density at radius 3 is 2.53 bits per heavy atom. The van der Waals surface area contributed by atoms with Crippen LogP contribution in [0.25, 0.3) is 0 Å². The van der Waals surface area contributed by atoms with Gasteiger partial charge in [-0.3, -0.25) is 9.78 Å². The third-order valence-corrected chi connectivity index (χ3v) is 2.82. The molecule has 106 valence electrons. The van der Waals surface area contributed by atoms with Crippen molar-refractivity contribution in [2.45, 2.75) is 39.8 Å². The van der Waals surface area contributed by atoms with E-state index < -0.39 is 6.61 Å². The number of alkyl halides is 2. The fraction of sp³-hybridized carbons (Fsp3) is 0.538. The minimum atomic E-state index is -2.86. The Hall–Kier alpha value is -1.72. The van der Waals surface area contributed by atoms with Gasteiger partial charge in [0.25, 0.3) is 0 Å². The maximum atomic E-state index is 11.9. The maximum absolute atomic E-state index is 11.9. The first-order chi connectivity index (χ1) is 9.06. The van der Waals surface area contributed by atoms with Crippen LogP contribution in [0.1, 0.15) is 32.4 Å². The van der Waals surface area contributed by atoms with E-state index in [0.29, 0.717) is 5.69 Å². The van der Waals surface area contributed by atoms with E-state index in [4.69, 9.17) is 0 Å². The summed E-state index contributed by atoms with van der Waals surface area (Å²) < 4.78 is 28.1. The summed E-state index contributed by atoms with van der Waals surface area (Å²) in [5, 5.41) is 2.77. The largest absolute Gasteiger partial charge is 0.433 e. The fourth-order valence-corrected chi connectivity index (χ4v) is 1.67. The molecule has 0 aliphatic carbocycles. The Labute approximate surface area is 111 Å². The summed E-state index contributed by atoms with van der Waals surface area (Å²) in [4.78, 5) is 15.7. The van der Waals surface area contributed by atoms with Crippen molar-refractivity contribution in [3.63, 3.8) is 0 Å². The lowest BCUT2D eigenvalue weighted by molar-refractivity contribution is -0.125. The Bertz CT molecular complexity index is 392. The number of aromatic nitrogens is 1. The van der Waals surface area contributed by atoms with Crippen LogP contribution in [0.2, 0.25) is 0 Å². The van der Waals surface area contributed by atoms with E-state index in [1.54, 1.807) is 6.07 Å². The predicted octanol–water partition coefficient (Wildman–Crippen LogP) is 2.74. The second kappa shape index (κ2) is 7.66. The van der Waals surface area contributed by atoms with Crippen LogP contribution in [0.15, 0.2) is 18.3 Å². The van der Waals surface area contributed by atoms with E-state index in [2.05, 4.69) is 15.0 Å². The van der Waals surface area contributed by atoms with E-state index in [9.17, 15) is 13.6 Å². The highest BCUT2D eigenvalue weighted by atomic mass is 19.3. The lowest BCUT2D eigenvalue weighted by atomic mass is 10.0. The van der Waals surface area contributed by atoms with Gasteiger partial charge in [0.1, 0.15) is 5.75 Å². The number of nitrogens with zero attached hydrogens (tertiary/aromatic N) is 1. The first-order valence-electron chi connectivity index (χ1n) is 6.24. The molecule has 1 N–H and O–H groups in total. The van der Waals surface area contributed by atoms with Crippen LogP contribution in [-0.2, 0) is 11.3 Å². The Balaban J connectivity index is 2.47. The number of nitrogens with one attached hydrogen (secondary N) is 1. The zero-order valence-electron chi connectivity index (χ0n) is 11.0. The molecule has 0 aromatic carbocycles. The number of halogens is 2. The molecule has 0 fully saturated rings. The van der Waals surface area contributed by atoms with Gasteiger partial charge in [-0.2, -0.15) is 8.78 Å². The topological polar surface area (TPSA) is 51.2 Å². The average Bonchev–Trinajstić information content (AvgIpc) is 2.38. The number of hydrogen-bond donors (Lipinski definition) is 1. The van der Waals surface area contributed by atoms with Crippen LogP contribution in [0, 0.1) is 5.92 Å². The fourth-order valence-electron chi connectivity index (χ4n) is 1.67. The first kappa shape index (κ1) is 15.3. The lowest BCUT2D eigenvalue weighted by Crippen LogP contribution is -2.29. The standard InChI is InChI=1S/C13H18F2N2O2/c1-3-9(4-2)12(18)17-7-10-5-6-11(8-16-10)19-13(14)15/h5-6,8-9,13H,3-4,7H2,1-2H3,(H,17,18). The summed E-state index contributed by atoms with van der Waals surface area (Å²) in [7, 11) is 0. The van der Waals surface area contributed by atoms with Crippen molar-refractivity contribution in [1.29, 1.82) is 0 Å². The molecule has 19 heavy (non-hydrogen) atoms. The highest BCUT2D eigenvalue weighted by Gasteiger charge is 2.13. The molecule has 0 radical (unpaired) electrons. The Morgan fingerprint density at radius 1 is 1.37 bits per heavy atom. The monoisotopic (exact) mass is 272 g/mol. The number of pyridine rings is 1. The van der Waals surface area contributed by atoms with E-state index >= 15 is 0 Å². The molecule has 0 aliphatic heterocycles. The van der Waals surface area contributed by atoms with Crippen LogP contribution in [-0.4, -0.2) is 17.5 Å². The quantitative estimate of drug-likeness (QED) is 0.830. The molecule has 1 aromatic heterocycles. The molecule has 0 bridgehead atoms. The number of rotatable bonds is 7. The number of ether oxygens (including phenoxy) is 1. The van der Waals surface area contributed by atoms with Crippen molar-refractivity contribution < 1.29 is 18.3 Å². The smallest absolute Gasteiger partial charge is 0.387 e.